The Balaban J connectivity index is 3.24. The van der Waals surface area contributed by atoms with Gasteiger partial charge in [0.2, 0.25) is 0 Å². The highest BCUT2D eigenvalue weighted by Gasteiger charge is 2.56. The van der Waals surface area contributed by atoms with Crippen molar-refractivity contribution >= 4 is 0 Å². The van der Waals surface area contributed by atoms with Gasteiger partial charge in [-0.2, -0.15) is 0 Å². The van der Waals surface area contributed by atoms with Crippen LogP contribution in [0.4, 0.5) is 0 Å². The lowest BCUT2D eigenvalue weighted by atomic mass is 9.81. The van der Waals surface area contributed by atoms with E-state index in [1.807, 2.05) is 20.8 Å². The molecule has 0 amide bonds. The van der Waals surface area contributed by atoms with Crippen molar-refractivity contribution in [1.29, 1.82) is 0 Å². The first-order valence-corrected chi connectivity index (χ1v) is 5.01. The van der Waals surface area contributed by atoms with Gasteiger partial charge in [-0.05, 0) is 11.0 Å². The van der Waals surface area contributed by atoms with Gasteiger partial charge in [0.1, 0.15) is 0 Å². The first-order valence-electron chi connectivity index (χ1n) is 5.01. The summed E-state index contributed by atoms with van der Waals surface area (Å²) < 4.78 is 0. The lowest BCUT2D eigenvalue weighted by Crippen LogP contribution is -2.52. The number of nitro groups is 2. The second-order valence-corrected chi connectivity index (χ2v) is 4.98. The van der Waals surface area contributed by atoms with Gasteiger partial charge in [-0.15, -0.1) is 0 Å². The smallest absolute Gasteiger partial charge is 0.321 e. The minimum absolute atomic E-state index is 0.372. The normalized spacial score (nSPS) is 28.7. The molecule has 1 rings (SSSR count). The number of allylic oxidation sites excluding steroid dienone is 2. The monoisotopic (exact) mass is 242 g/mol. The van der Waals surface area contributed by atoms with Crippen LogP contribution < -0.4 is 0 Å². The summed E-state index contributed by atoms with van der Waals surface area (Å²) in [5.74, 6) is 0. The van der Waals surface area contributed by atoms with Gasteiger partial charge in [0.25, 0.3) is 0 Å². The fraction of sp³-hybridized carbons (Fsp3) is 0.600. The van der Waals surface area contributed by atoms with E-state index in [1.165, 1.54) is 6.08 Å². The minimum Gasteiger partial charge on any atom is -0.321 e. The van der Waals surface area contributed by atoms with Crippen LogP contribution >= 0.6 is 0 Å². The minimum atomic E-state index is -2.67. The summed E-state index contributed by atoms with van der Waals surface area (Å²) in [6.45, 7) is 5.49. The van der Waals surface area contributed by atoms with Gasteiger partial charge in [0.15, 0.2) is 0 Å². The molecular weight excluding hydrogens is 228 g/mol. The Morgan fingerprint density at radius 3 is 2.24 bits per heavy atom. The van der Waals surface area contributed by atoms with Crippen molar-refractivity contribution in [3.8, 4) is 0 Å². The van der Waals surface area contributed by atoms with Gasteiger partial charge in [0, 0.05) is 17.1 Å². The lowest BCUT2D eigenvalue weighted by molar-refractivity contribution is -0.675. The van der Waals surface area contributed by atoms with Crippen LogP contribution in [-0.2, 0) is 0 Å². The summed E-state index contributed by atoms with van der Waals surface area (Å²) in [4.78, 5) is 19.6. The molecule has 94 valence electrons. The molecule has 0 aromatic rings. The Hall–Kier alpha value is -1.76. The fourth-order valence-corrected chi connectivity index (χ4v) is 1.54. The summed E-state index contributed by atoms with van der Waals surface area (Å²) in [7, 11) is 0. The van der Waals surface area contributed by atoms with Crippen LogP contribution in [0.15, 0.2) is 23.8 Å². The summed E-state index contributed by atoms with van der Waals surface area (Å²) in [5.41, 5.74) is -2.45. The molecule has 0 aromatic carbocycles. The van der Waals surface area contributed by atoms with E-state index in [4.69, 9.17) is 0 Å². The van der Waals surface area contributed by atoms with E-state index in [0.29, 0.717) is 5.57 Å². The molecule has 0 radical (unpaired) electrons. The summed E-state index contributed by atoms with van der Waals surface area (Å²) in [6.07, 6.45) is 3.38. The Morgan fingerprint density at radius 2 is 1.88 bits per heavy atom. The average molecular weight is 242 g/mol. The number of rotatable bonds is 2. The predicted molar refractivity (Wildman–Crippen MR) is 59.4 cm³/mol. The lowest BCUT2D eigenvalue weighted by Gasteiger charge is -2.27. The van der Waals surface area contributed by atoms with Crippen LogP contribution in [0.5, 0.6) is 0 Å². The van der Waals surface area contributed by atoms with Crippen molar-refractivity contribution in [3.63, 3.8) is 0 Å². The third-order valence-electron chi connectivity index (χ3n) is 2.67. The molecule has 7 nitrogen and oxygen atoms in total. The van der Waals surface area contributed by atoms with Crippen LogP contribution in [0.2, 0.25) is 0 Å². The van der Waals surface area contributed by atoms with E-state index >= 15 is 0 Å². The SMILES string of the molecule is CC(C)(C)C1=CC([N+](=O)[O-])C(O)([N+](=O)[O-])C=C1. The molecule has 17 heavy (non-hydrogen) atoms. The second-order valence-electron chi connectivity index (χ2n) is 4.98. The highest BCUT2D eigenvalue weighted by Crippen LogP contribution is 2.33. The Labute approximate surface area is 97.7 Å². The third-order valence-corrected chi connectivity index (χ3v) is 2.67. The number of hydrogen-bond acceptors (Lipinski definition) is 5. The zero-order chi connectivity index (χ0) is 13.4. The van der Waals surface area contributed by atoms with Crippen molar-refractivity contribution < 1.29 is 15.0 Å². The molecule has 0 spiro atoms. The van der Waals surface area contributed by atoms with Crippen LogP contribution in [-0.4, -0.2) is 26.7 Å². The van der Waals surface area contributed by atoms with E-state index in [0.717, 1.165) is 12.2 Å². The van der Waals surface area contributed by atoms with Crippen LogP contribution in [0.3, 0.4) is 0 Å². The van der Waals surface area contributed by atoms with E-state index < -0.39 is 21.6 Å². The van der Waals surface area contributed by atoms with Crippen molar-refractivity contribution in [2.24, 2.45) is 5.41 Å². The molecule has 0 saturated heterocycles. The maximum Gasteiger partial charge on any atom is 0.413 e. The number of nitrogens with zero attached hydrogens (tertiary/aromatic N) is 2. The molecule has 1 N–H and O–H groups in total. The third kappa shape index (κ3) is 2.33. The van der Waals surface area contributed by atoms with Crippen molar-refractivity contribution in [3.05, 3.63) is 44.0 Å². The van der Waals surface area contributed by atoms with Crippen LogP contribution in [0, 0.1) is 25.6 Å². The van der Waals surface area contributed by atoms with Gasteiger partial charge < -0.3 is 5.11 Å². The highest BCUT2D eigenvalue weighted by molar-refractivity contribution is 5.33. The van der Waals surface area contributed by atoms with Gasteiger partial charge >= 0.3 is 11.8 Å². The molecule has 0 heterocycles. The van der Waals surface area contributed by atoms with E-state index in [9.17, 15) is 25.3 Å². The molecule has 7 heteroatoms. The average Bonchev–Trinajstić information content (AvgIpc) is 2.15. The van der Waals surface area contributed by atoms with Gasteiger partial charge in [-0.25, -0.2) is 0 Å². The topological polar surface area (TPSA) is 107 Å². The Bertz CT molecular complexity index is 421. The Kier molecular flexibility index (Phi) is 3.07. The number of hydrogen-bond donors (Lipinski definition) is 1. The first kappa shape index (κ1) is 13.3. The van der Waals surface area contributed by atoms with Crippen molar-refractivity contribution in [1.82, 2.24) is 0 Å². The summed E-state index contributed by atoms with van der Waals surface area (Å²) >= 11 is 0. The fourth-order valence-electron chi connectivity index (χ4n) is 1.54. The molecule has 0 fully saturated rings. The maximum absolute atomic E-state index is 10.8. The van der Waals surface area contributed by atoms with Crippen LogP contribution in [0.25, 0.3) is 0 Å². The molecule has 1 aliphatic rings. The van der Waals surface area contributed by atoms with Crippen molar-refractivity contribution in [2.75, 3.05) is 0 Å². The van der Waals surface area contributed by atoms with Crippen LogP contribution in [0.1, 0.15) is 20.8 Å². The summed E-state index contributed by atoms with van der Waals surface area (Å²) in [6, 6.07) is -1.77. The molecule has 2 unspecified atom stereocenters. The largest absolute Gasteiger partial charge is 0.413 e. The highest BCUT2D eigenvalue weighted by atomic mass is 16.7. The van der Waals surface area contributed by atoms with E-state index in [2.05, 4.69) is 0 Å². The maximum atomic E-state index is 10.8. The van der Waals surface area contributed by atoms with E-state index in [1.54, 1.807) is 0 Å². The zero-order valence-electron chi connectivity index (χ0n) is 9.78. The first-order chi connectivity index (χ1) is 7.59. The summed E-state index contributed by atoms with van der Waals surface area (Å²) in [5, 5.41) is 31.2. The van der Waals surface area contributed by atoms with Crippen molar-refractivity contribution in [2.45, 2.75) is 32.5 Å². The quantitative estimate of drug-likeness (QED) is 0.444. The standard InChI is InChI=1S/C10H14N2O5/c1-9(2,3)7-4-5-10(13,12(16)17)8(6-7)11(14)15/h4-6,8,13H,1-3H3. The number of aliphatic hydroxyl groups is 1. The molecule has 0 aliphatic heterocycles. The second kappa shape index (κ2) is 3.92. The molecular formula is C10H14N2O5. The molecule has 0 saturated carbocycles. The molecule has 0 bridgehead atoms. The van der Waals surface area contributed by atoms with E-state index in [-0.39, 0.29) is 5.41 Å². The Morgan fingerprint density at radius 1 is 1.35 bits per heavy atom. The molecule has 1 aliphatic carbocycles. The van der Waals surface area contributed by atoms with Gasteiger partial charge in [0.05, 0.1) is 4.92 Å². The van der Waals surface area contributed by atoms with Gasteiger partial charge in [-0.3, -0.25) is 20.2 Å². The van der Waals surface area contributed by atoms with Gasteiger partial charge in [-0.1, -0.05) is 26.8 Å². The molecule has 2 atom stereocenters. The zero-order valence-corrected chi connectivity index (χ0v) is 9.78. The predicted octanol–water partition coefficient (Wildman–Crippen LogP) is 1.14. The molecule has 0 aromatic heterocycles.